The van der Waals surface area contributed by atoms with E-state index in [-0.39, 0.29) is 11.9 Å². The lowest BCUT2D eigenvalue weighted by Crippen LogP contribution is -2.32. The third kappa shape index (κ3) is 6.44. The fraction of sp³-hybridized carbons (Fsp3) is 0.562. The molecule has 1 unspecified atom stereocenters. The van der Waals surface area contributed by atoms with Crippen LogP contribution < -0.4 is 10.6 Å². The van der Waals surface area contributed by atoms with Crippen LogP contribution in [0.3, 0.4) is 0 Å². The van der Waals surface area contributed by atoms with Gasteiger partial charge in [0.25, 0.3) is 5.91 Å². The summed E-state index contributed by atoms with van der Waals surface area (Å²) in [6.07, 6.45) is 3.09. The molecule has 4 heteroatoms. The number of carbonyl (C=O) groups is 1. The number of thioether (sulfide) groups is 1. The molecule has 0 aliphatic carbocycles. The molecule has 0 heterocycles. The molecule has 20 heavy (non-hydrogen) atoms. The van der Waals surface area contributed by atoms with Crippen molar-refractivity contribution in [2.24, 2.45) is 0 Å². The van der Waals surface area contributed by atoms with Crippen molar-refractivity contribution < 1.29 is 4.79 Å². The Kier molecular flexibility index (Phi) is 7.70. The van der Waals surface area contributed by atoms with Crippen LogP contribution in [0.4, 0.5) is 0 Å². The lowest BCUT2D eigenvalue weighted by molar-refractivity contribution is 0.0939. The highest BCUT2D eigenvalue weighted by molar-refractivity contribution is 7.98. The number of hydrogen-bond acceptors (Lipinski definition) is 3. The predicted molar refractivity (Wildman–Crippen MR) is 88.3 cm³/mol. The van der Waals surface area contributed by atoms with E-state index in [4.69, 9.17) is 0 Å². The zero-order valence-corrected chi connectivity index (χ0v) is 13.7. The summed E-state index contributed by atoms with van der Waals surface area (Å²) in [5.74, 6) is 1.09. The van der Waals surface area contributed by atoms with Gasteiger partial charge in [-0.05, 0) is 43.0 Å². The topological polar surface area (TPSA) is 41.1 Å². The summed E-state index contributed by atoms with van der Waals surface area (Å²) >= 11 is 1.80. The van der Waals surface area contributed by atoms with Crippen molar-refractivity contribution in [1.29, 1.82) is 0 Å². The van der Waals surface area contributed by atoms with Gasteiger partial charge in [0.05, 0.1) is 0 Å². The van der Waals surface area contributed by atoms with Gasteiger partial charge in [-0.3, -0.25) is 4.79 Å². The van der Waals surface area contributed by atoms with Crippen LogP contribution in [0, 0.1) is 0 Å². The van der Waals surface area contributed by atoms with Crippen LogP contribution in [0.15, 0.2) is 24.3 Å². The van der Waals surface area contributed by atoms with E-state index in [1.165, 1.54) is 5.56 Å². The fourth-order valence-electron chi connectivity index (χ4n) is 1.77. The minimum absolute atomic E-state index is 0.0157. The molecule has 112 valence electrons. The van der Waals surface area contributed by atoms with Gasteiger partial charge in [-0.1, -0.05) is 26.0 Å². The van der Waals surface area contributed by atoms with Crippen LogP contribution in [0.1, 0.15) is 43.1 Å². The second-order valence-electron chi connectivity index (χ2n) is 5.39. The second-order valence-corrected chi connectivity index (χ2v) is 6.37. The summed E-state index contributed by atoms with van der Waals surface area (Å²) < 4.78 is 0. The van der Waals surface area contributed by atoms with Crippen LogP contribution >= 0.6 is 11.8 Å². The Morgan fingerprint density at radius 1 is 1.20 bits per heavy atom. The van der Waals surface area contributed by atoms with Crippen LogP contribution in [-0.2, 0) is 6.54 Å². The molecule has 1 aromatic carbocycles. The third-order valence-electron chi connectivity index (χ3n) is 3.06. The molecule has 2 N–H and O–H groups in total. The lowest BCUT2D eigenvalue weighted by atomic mass is 10.1. The molecule has 0 radical (unpaired) electrons. The number of hydrogen-bond donors (Lipinski definition) is 2. The molecule has 3 nitrogen and oxygen atoms in total. The SMILES string of the molecule is CSCCC(C)NC(=O)c1ccc(CNC(C)C)cc1. The zero-order valence-electron chi connectivity index (χ0n) is 12.9. The number of nitrogens with one attached hydrogen (secondary N) is 2. The van der Waals surface area contributed by atoms with Gasteiger partial charge >= 0.3 is 0 Å². The van der Waals surface area contributed by atoms with Gasteiger partial charge in [-0.2, -0.15) is 11.8 Å². The summed E-state index contributed by atoms with van der Waals surface area (Å²) in [6, 6.07) is 8.50. The minimum Gasteiger partial charge on any atom is -0.350 e. The van der Waals surface area contributed by atoms with Crippen molar-refractivity contribution in [3.05, 3.63) is 35.4 Å². The molecular formula is C16H26N2OS. The van der Waals surface area contributed by atoms with Gasteiger partial charge in [-0.25, -0.2) is 0 Å². The smallest absolute Gasteiger partial charge is 0.251 e. The molecule has 1 amide bonds. The molecule has 0 saturated heterocycles. The van der Waals surface area contributed by atoms with Gasteiger partial charge in [0.2, 0.25) is 0 Å². The first-order chi connectivity index (χ1) is 9.52. The quantitative estimate of drug-likeness (QED) is 0.774. The summed E-state index contributed by atoms with van der Waals surface area (Å²) in [7, 11) is 0. The highest BCUT2D eigenvalue weighted by Crippen LogP contribution is 2.06. The van der Waals surface area contributed by atoms with Crippen LogP contribution in [0.25, 0.3) is 0 Å². The monoisotopic (exact) mass is 294 g/mol. The Hall–Kier alpha value is -1.00. The van der Waals surface area contributed by atoms with Crippen molar-refractivity contribution >= 4 is 17.7 Å². The zero-order chi connectivity index (χ0) is 15.0. The van der Waals surface area contributed by atoms with E-state index in [1.54, 1.807) is 11.8 Å². The molecule has 0 bridgehead atoms. The van der Waals surface area contributed by atoms with E-state index in [0.29, 0.717) is 6.04 Å². The molecular weight excluding hydrogens is 268 g/mol. The highest BCUT2D eigenvalue weighted by Gasteiger charge is 2.09. The Labute approximate surface area is 126 Å². The molecule has 0 saturated carbocycles. The van der Waals surface area contributed by atoms with Crippen molar-refractivity contribution in [1.82, 2.24) is 10.6 Å². The maximum absolute atomic E-state index is 12.1. The van der Waals surface area contributed by atoms with Gasteiger partial charge in [0.15, 0.2) is 0 Å². The molecule has 0 aromatic heterocycles. The van der Waals surface area contributed by atoms with Crippen LogP contribution in [0.5, 0.6) is 0 Å². The highest BCUT2D eigenvalue weighted by atomic mass is 32.2. The number of carbonyl (C=O) groups excluding carboxylic acids is 1. The lowest BCUT2D eigenvalue weighted by Gasteiger charge is -2.13. The predicted octanol–water partition coefficient (Wildman–Crippen LogP) is 3.06. The molecule has 0 aliphatic heterocycles. The first kappa shape index (κ1) is 17.1. The van der Waals surface area contributed by atoms with Gasteiger partial charge in [0.1, 0.15) is 0 Å². The fourth-order valence-corrected chi connectivity index (χ4v) is 2.36. The summed E-state index contributed by atoms with van der Waals surface area (Å²) in [5, 5.41) is 6.40. The van der Waals surface area contributed by atoms with E-state index < -0.39 is 0 Å². The number of benzene rings is 1. The van der Waals surface area contributed by atoms with E-state index in [0.717, 1.165) is 24.3 Å². The molecule has 0 fully saturated rings. The van der Waals surface area contributed by atoms with E-state index in [9.17, 15) is 4.79 Å². The summed E-state index contributed by atoms with van der Waals surface area (Å²) in [4.78, 5) is 12.1. The van der Waals surface area contributed by atoms with Crippen molar-refractivity contribution in [3.63, 3.8) is 0 Å². The molecule has 1 atom stereocenters. The van der Waals surface area contributed by atoms with Gasteiger partial charge in [-0.15, -0.1) is 0 Å². The van der Waals surface area contributed by atoms with E-state index in [1.807, 2.05) is 24.3 Å². The molecule has 1 aromatic rings. The van der Waals surface area contributed by atoms with E-state index >= 15 is 0 Å². The molecule has 1 rings (SSSR count). The third-order valence-corrected chi connectivity index (χ3v) is 3.71. The Morgan fingerprint density at radius 2 is 1.85 bits per heavy atom. The normalized spacial score (nSPS) is 12.4. The Morgan fingerprint density at radius 3 is 2.40 bits per heavy atom. The Balaban J connectivity index is 2.48. The average Bonchev–Trinajstić information content (AvgIpc) is 2.43. The first-order valence-electron chi connectivity index (χ1n) is 7.15. The average molecular weight is 294 g/mol. The van der Waals surface area contributed by atoms with Crippen molar-refractivity contribution in [2.75, 3.05) is 12.0 Å². The van der Waals surface area contributed by atoms with Crippen LogP contribution in [-0.4, -0.2) is 30.0 Å². The maximum atomic E-state index is 12.1. The second kappa shape index (κ2) is 9.03. The number of rotatable bonds is 8. The first-order valence-corrected chi connectivity index (χ1v) is 8.54. The summed E-state index contributed by atoms with van der Waals surface area (Å²) in [5.41, 5.74) is 1.93. The molecule has 0 spiro atoms. The summed E-state index contributed by atoms with van der Waals surface area (Å²) in [6.45, 7) is 7.13. The van der Waals surface area contributed by atoms with Crippen molar-refractivity contribution in [2.45, 2.75) is 45.8 Å². The number of amides is 1. The minimum atomic E-state index is 0.0157. The van der Waals surface area contributed by atoms with Crippen molar-refractivity contribution in [3.8, 4) is 0 Å². The van der Waals surface area contributed by atoms with Gasteiger partial charge < -0.3 is 10.6 Å². The van der Waals surface area contributed by atoms with Crippen LogP contribution in [0.2, 0.25) is 0 Å². The maximum Gasteiger partial charge on any atom is 0.251 e. The van der Waals surface area contributed by atoms with E-state index in [2.05, 4.69) is 37.7 Å². The largest absolute Gasteiger partial charge is 0.350 e. The standard InChI is InChI=1S/C16H26N2OS/c1-12(2)17-11-14-5-7-15(8-6-14)16(19)18-13(3)9-10-20-4/h5-8,12-13,17H,9-11H2,1-4H3,(H,18,19). The Bertz CT molecular complexity index is 403. The van der Waals surface area contributed by atoms with Gasteiger partial charge in [0, 0.05) is 24.2 Å². The molecule has 0 aliphatic rings.